The Morgan fingerprint density at radius 3 is 2.75 bits per heavy atom. The van der Waals surface area contributed by atoms with E-state index >= 15 is 0 Å². The van der Waals surface area contributed by atoms with Crippen LogP contribution in [0, 0.1) is 0 Å². The largest absolute Gasteiger partial charge is 0.331 e. The maximum absolute atomic E-state index is 4.63. The summed E-state index contributed by atoms with van der Waals surface area (Å²) in [5.74, 6) is 1.15. The lowest BCUT2D eigenvalue weighted by Gasteiger charge is -2.07. The van der Waals surface area contributed by atoms with E-state index in [-0.39, 0.29) is 0 Å². The number of hydrogen-bond donors (Lipinski definition) is 1. The Kier molecular flexibility index (Phi) is 3.25. The minimum atomic E-state index is 0.537. The summed E-state index contributed by atoms with van der Waals surface area (Å²) in [5.41, 5.74) is 2.30. The number of fused-ring (bicyclic) bond motifs is 1. The van der Waals surface area contributed by atoms with Gasteiger partial charge in [0.05, 0.1) is 11.0 Å². The summed E-state index contributed by atoms with van der Waals surface area (Å²) in [6.07, 6.45) is 0.976. The molecule has 0 saturated carbocycles. The Labute approximate surface area is 96.5 Å². The SMILES string of the molecule is CC(C)NCCc1nc2ccccc2n1C. The average molecular weight is 217 g/mol. The lowest BCUT2D eigenvalue weighted by molar-refractivity contribution is 0.578. The first kappa shape index (κ1) is 11.1. The number of nitrogens with one attached hydrogen (secondary N) is 1. The highest BCUT2D eigenvalue weighted by atomic mass is 15.1. The van der Waals surface area contributed by atoms with E-state index in [4.69, 9.17) is 0 Å². The van der Waals surface area contributed by atoms with Crippen molar-refractivity contribution in [2.75, 3.05) is 6.54 Å². The molecule has 0 fully saturated rings. The van der Waals surface area contributed by atoms with Crippen LogP contribution in [0.25, 0.3) is 11.0 Å². The first-order valence-electron chi connectivity index (χ1n) is 5.82. The quantitative estimate of drug-likeness (QED) is 0.850. The molecular weight excluding hydrogens is 198 g/mol. The minimum absolute atomic E-state index is 0.537. The highest BCUT2D eigenvalue weighted by Crippen LogP contribution is 2.14. The predicted octanol–water partition coefficient (Wildman–Crippen LogP) is 2.11. The maximum Gasteiger partial charge on any atom is 0.110 e. The molecule has 0 spiro atoms. The van der Waals surface area contributed by atoms with E-state index in [0.29, 0.717) is 6.04 Å². The summed E-state index contributed by atoms with van der Waals surface area (Å²) in [4.78, 5) is 4.63. The van der Waals surface area contributed by atoms with Gasteiger partial charge in [-0.1, -0.05) is 26.0 Å². The molecule has 3 nitrogen and oxygen atoms in total. The summed E-state index contributed by atoms with van der Waals surface area (Å²) in [7, 11) is 2.08. The van der Waals surface area contributed by atoms with Gasteiger partial charge < -0.3 is 9.88 Å². The smallest absolute Gasteiger partial charge is 0.110 e. The van der Waals surface area contributed by atoms with Gasteiger partial charge in [-0.25, -0.2) is 4.98 Å². The fraction of sp³-hybridized carbons (Fsp3) is 0.462. The lowest BCUT2D eigenvalue weighted by Crippen LogP contribution is -2.25. The molecule has 0 radical (unpaired) electrons. The van der Waals surface area contributed by atoms with Gasteiger partial charge in [-0.05, 0) is 12.1 Å². The van der Waals surface area contributed by atoms with Crippen LogP contribution in [0.3, 0.4) is 0 Å². The zero-order chi connectivity index (χ0) is 11.5. The van der Waals surface area contributed by atoms with Crippen LogP contribution in [-0.4, -0.2) is 22.1 Å². The molecule has 2 aromatic rings. The van der Waals surface area contributed by atoms with Gasteiger partial charge >= 0.3 is 0 Å². The third-order valence-corrected chi connectivity index (χ3v) is 2.78. The van der Waals surface area contributed by atoms with Crippen LogP contribution in [0.4, 0.5) is 0 Å². The van der Waals surface area contributed by atoms with E-state index in [9.17, 15) is 0 Å². The van der Waals surface area contributed by atoms with Crippen molar-refractivity contribution >= 4 is 11.0 Å². The monoisotopic (exact) mass is 217 g/mol. The van der Waals surface area contributed by atoms with Crippen LogP contribution in [0.2, 0.25) is 0 Å². The van der Waals surface area contributed by atoms with Crippen molar-refractivity contribution in [1.82, 2.24) is 14.9 Å². The molecule has 0 bridgehead atoms. The number of aryl methyl sites for hydroxylation is 1. The molecule has 0 unspecified atom stereocenters. The summed E-state index contributed by atoms with van der Waals surface area (Å²) >= 11 is 0. The topological polar surface area (TPSA) is 29.9 Å². The van der Waals surface area contributed by atoms with Gasteiger partial charge in [0.25, 0.3) is 0 Å². The van der Waals surface area contributed by atoms with E-state index in [1.165, 1.54) is 5.52 Å². The number of hydrogen-bond acceptors (Lipinski definition) is 2. The molecule has 1 aromatic heterocycles. The van der Waals surface area contributed by atoms with E-state index in [0.717, 1.165) is 24.3 Å². The normalized spacial score (nSPS) is 11.5. The molecule has 3 heteroatoms. The summed E-state index contributed by atoms with van der Waals surface area (Å²) in [6.45, 7) is 5.30. The number of imidazole rings is 1. The summed E-state index contributed by atoms with van der Waals surface area (Å²) in [6, 6.07) is 8.80. The van der Waals surface area contributed by atoms with E-state index in [1.54, 1.807) is 0 Å². The molecule has 0 amide bonds. The van der Waals surface area contributed by atoms with Crippen LogP contribution < -0.4 is 5.32 Å². The van der Waals surface area contributed by atoms with Gasteiger partial charge in [-0.15, -0.1) is 0 Å². The molecule has 1 aromatic carbocycles. The van der Waals surface area contributed by atoms with Gasteiger partial charge in [0.15, 0.2) is 0 Å². The Bertz CT molecular complexity index is 471. The summed E-state index contributed by atoms with van der Waals surface area (Å²) < 4.78 is 2.18. The number of aromatic nitrogens is 2. The Balaban J connectivity index is 2.15. The fourth-order valence-electron chi connectivity index (χ4n) is 1.89. The van der Waals surface area contributed by atoms with Crippen molar-refractivity contribution in [3.05, 3.63) is 30.1 Å². The molecule has 16 heavy (non-hydrogen) atoms. The van der Waals surface area contributed by atoms with E-state index in [2.05, 4.69) is 54.0 Å². The second kappa shape index (κ2) is 4.66. The lowest BCUT2D eigenvalue weighted by atomic mass is 10.3. The molecule has 2 rings (SSSR count). The predicted molar refractivity (Wildman–Crippen MR) is 67.6 cm³/mol. The van der Waals surface area contributed by atoms with E-state index in [1.807, 2.05) is 6.07 Å². The zero-order valence-electron chi connectivity index (χ0n) is 10.2. The first-order chi connectivity index (χ1) is 7.68. The van der Waals surface area contributed by atoms with Gasteiger partial charge in [0.1, 0.15) is 5.82 Å². The van der Waals surface area contributed by atoms with Crippen molar-refractivity contribution < 1.29 is 0 Å². The van der Waals surface area contributed by atoms with Crippen LogP contribution in [0.5, 0.6) is 0 Å². The number of benzene rings is 1. The molecule has 86 valence electrons. The number of para-hydroxylation sites is 2. The van der Waals surface area contributed by atoms with Gasteiger partial charge in [-0.2, -0.15) is 0 Å². The Morgan fingerprint density at radius 2 is 2.06 bits per heavy atom. The Hall–Kier alpha value is -1.35. The van der Waals surface area contributed by atoms with Crippen LogP contribution >= 0.6 is 0 Å². The standard InChI is InChI=1S/C13H19N3/c1-10(2)14-9-8-13-15-11-6-4-5-7-12(11)16(13)3/h4-7,10,14H,8-9H2,1-3H3. The van der Waals surface area contributed by atoms with Crippen LogP contribution in [0.15, 0.2) is 24.3 Å². The summed E-state index contributed by atoms with van der Waals surface area (Å²) in [5, 5.41) is 3.41. The highest BCUT2D eigenvalue weighted by molar-refractivity contribution is 5.75. The van der Waals surface area contributed by atoms with Crippen molar-refractivity contribution in [2.24, 2.45) is 7.05 Å². The third-order valence-electron chi connectivity index (χ3n) is 2.78. The molecule has 1 N–H and O–H groups in total. The number of rotatable bonds is 4. The molecule has 0 aliphatic carbocycles. The van der Waals surface area contributed by atoms with Gasteiger partial charge in [0, 0.05) is 26.1 Å². The van der Waals surface area contributed by atoms with Crippen molar-refractivity contribution in [3.8, 4) is 0 Å². The van der Waals surface area contributed by atoms with Crippen molar-refractivity contribution in [3.63, 3.8) is 0 Å². The van der Waals surface area contributed by atoms with E-state index < -0.39 is 0 Å². The average Bonchev–Trinajstić information content (AvgIpc) is 2.56. The first-order valence-corrected chi connectivity index (χ1v) is 5.82. The van der Waals surface area contributed by atoms with Crippen LogP contribution in [-0.2, 0) is 13.5 Å². The second-order valence-corrected chi connectivity index (χ2v) is 4.43. The zero-order valence-corrected chi connectivity index (χ0v) is 10.2. The van der Waals surface area contributed by atoms with Crippen molar-refractivity contribution in [1.29, 1.82) is 0 Å². The highest BCUT2D eigenvalue weighted by Gasteiger charge is 2.06. The number of nitrogens with zero attached hydrogens (tertiary/aromatic N) is 2. The Morgan fingerprint density at radius 1 is 1.31 bits per heavy atom. The van der Waals surface area contributed by atoms with Gasteiger partial charge in [0.2, 0.25) is 0 Å². The molecule has 0 atom stereocenters. The van der Waals surface area contributed by atoms with Crippen LogP contribution in [0.1, 0.15) is 19.7 Å². The molecule has 1 heterocycles. The van der Waals surface area contributed by atoms with Crippen molar-refractivity contribution in [2.45, 2.75) is 26.3 Å². The van der Waals surface area contributed by atoms with Gasteiger partial charge in [-0.3, -0.25) is 0 Å². The fourth-order valence-corrected chi connectivity index (χ4v) is 1.89. The minimum Gasteiger partial charge on any atom is -0.331 e. The molecule has 0 saturated heterocycles. The molecule has 0 aliphatic heterocycles. The second-order valence-electron chi connectivity index (χ2n) is 4.43. The maximum atomic E-state index is 4.63. The molecule has 0 aliphatic rings. The third kappa shape index (κ3) is 2.25. The molecular formula is C13H19N3.